The number of rotatable bonds is 5. The van der Waals surface area contributed by atoms with E-state index in [-0.39, 0.29) is 23.0 Å². The van der Waals surface area contributed by atoms with Gasteiger partial charge in [-0.3, -0.25) is 0 Å². The van der Waals surface area contributed by atoms with E-state index in [0.29, 0.717) is 6.16 Å². The van der Waals surface area contributed by atoms with Gasteiger partial charge in [0.2, 0.25) is 0 Å². The molecule has 4 heteroatoms. The Morgan fingerprint density at radius 2 is 1.04 bits per heavy atom. The lowest BCUT2D eigenvalue weighted by Gasteiger charge is -2.26. The molecule has 0 heterocycles. The molecule has 0 N–H and O–H groups in total. The van der Waals surface area contributed by atoms with Crippen LogP contribution >= 0.6 is 7.26 Å². The van der Waals surface area contributed by atoms with Crippen molar-refractivity contribution in [2.24, 2.45) is 0 Å². The molecule has 3 rings (SSSR count). The van der Waals surface area contributed by atoms with Crippen molar-refractivity contribution >= 4 is 29.1 Å². The van der Waals surface area contributed by atoms with Crippen LogP contribution in [0.5, 0.6) is 0 Å². The number of benzene rings is 3. The zero-order valence-corrected chi connectivity index (χ0v) is 16.5. The van der Waals surface area contributed by atoms with Crippen molar-refractivity contribution in [3.8, 4) is 0 Å². The summed E-state index contributed by atoms with van der Waals surface area (Å²) in [5.41, 5.74) is 0. The molecule has 0 atom stereocenters. The van der Waals surface area contributed by atoms with E-state index in [4.69, 9.17) is 4.74 Å². The van der Waals surface area contributed by atoms with Gasteiger partial charge in [0.1, 0.15) is 23.2 Å². The first-order valence-corrected chi connectivity index (χ1v) is 9.86. The molecule has 0 spiro atoms. The van der Waals surface area contributed by atoms with E-state index in [1.807, 2.05) is 54.6 Å². The third kappa shape index (κ3) is 4.00. The number of halogens is 1. The molecule has 2 nitrogen and oxygen atoms in total. The van der Waals surface area contributed by atoms with Gasteiger partial charge in [-0.25, -0.2) is 4.79 Å². The Balaban J connectivity index is 0.00000225. The molecule has 0 aliphatic carbocycles. The molecule has 3 aromatic rings. The topological polar surface area (TPSA) is 26.3 Å². The summed E-state index contributed by atoms with van der Waals surface area (Å²) >= 11 is 0. The van der Waals surface area contributed by atoms with Crippen molar-refractivity contribution in [3.63, 3.8) is 0 Å². The van der Waals surface area contributed by atoms with Gasteiger partial charge in [0.25, 0.3) is 0 Å². The van der Waals surface area contributed by atoms with E-state index in [1.54, 1.807) is 0 Å². The van der Waals surface area contributed by atoms with E-state index in [2.05, 4.69) is 36.4 Å². The fourth-order valence-corrected chi connectivity index (χ4v) is 7.03. The first kappa shape index (κ1) is 19.4. The van der Waals surface area contributed by atoms with Crippen LogP contribution in [-0.4, -0.2) is 19.2 Å². The number of hydrogen-bond donors (Lipinski definition) is 0. The molecule has 3 aromatic carbocycles. The summed E-state index contributed by atoms with van der Waals surface area (Å²) in [6, 6.07) is 31.0. The minimum absolute atomic E-state index is 0. The molecule has 0 saturated carbocycles. The molecular formula is C21H20BrO2P. The average molecular weight is 419 g/mol. The van der Waals surface area contributed by atoms with Gasteiger partial charge < -0.3 is 21.7 Å². The van der Waals surface area contributed by atoms with Crippen molar-refractivity contribution in [1.29, 1.82) is 0 Å². The second-order valence-corrected chi connectivity index (χ2v) is 9.04. The van der Waals surface area contributed by atoms with Gasteiger partial charge in [0, 0.05) is 0 Å². The average Bonchev–Trinajstić information content (AvgIpc) is 2.68. The van der Waals surface area contributed by atoms with Crippen LogP contribution in [0, 0.1) is 0 Å². The highest BCUT2D eigenvalue weighted by atomic mass is 79.9. The van der Waals surface area contributed by atoms with Gasteiger partial charge in [-0.15, -0.1) is 0 Å². The van der Waals surface area contributed by atoms with E-state index < -0.39 is 7.26 Å². The van der Waals surface area contributed by atoms with Crippen molar-refractivity contribution < 1.29 is 26.5 Å². The summed E-state index contributed by atoms with van der Waals surface area (Å²) in [6.07, 6.45) is 0.363. The molecule has 0 amide bonds. The quantitative estimate of drug-likeness (QED) is 0.435. The van der Waals surface area contributed by atoms with Gasteiger partial charge in [0.15, 0.2) is 6.16 Å². The SMILES string of the molecule is CO[14C](=O)[14CH2][P+](c1ccccc1)(c1ccccc1)c1ccccc1.[Br-]. The van der Waals surface area contributed by atoms with Crippen LogP contribution < -0.4 is 32.9 Å². The summed E-state index contributed by atoms with van der Waals surface area (Å²) in [5.74, 6) is -0.181. The molecule has 0 aliphatic heterocycles. The van der Waals surface area contributed by atoms with Gasteiger partial charge >= 0.3 is 5.97 Å². The van der Waals surface area contributed by atoms with Gasteiger partial charge in [0.05, 0.1) is 7.11 Å². The summed E-state index contributed by atoms with van der Waals surface area (Å²) in [4.78, 5) is 12.4. The predicted octanol–water partition coefficient (Wildman–Crippen LogP) is 0.158. The number of esters is 1. The standard InChI is InChI=1S/C21H20O2P.BrH/c1-23-21(22)17-24(18-11-5-2-6-12-18,19-13-7-3-8-14-19)20-15-9-4-10-16-20;/h2-16H,17H2,1H3;1H/q+1;/p-1/i17+2,21+2;. The normalized spacial score (nSPS) is 10.6. The van der Waals surface area contributed by atoms with Crippen molar-refractivity contribution in [2.75, 3.05) is 13.3 Å². The highest BCUT2D eigenvalue weighted by Crippen LogP contribution is 2.55. The van der Waals surface area contributed by atoms with E-state index >= 15 is 0 Å². The van der Waals surface area contributed by atoms with Gasteiger partial charge in [-0.05, 0) is 36.4 Å². The maximum absolute atomic E-state index is 12.4. The maximum atomic E-state index is 12.4. The predicted molar refractivity (Wildman–Crippen MR) is 102 cm³/mol. The molecule has 0 aliphatic rings. The lowest BCUT2D eigenvalue weighted by Crippen LogP contribution is -3.00. The number of hydrogen-bond acceptors (Lipinski definition) is 2. The second-order valence-electron chi connectivity index (χ2n) is 5.55. The minimum atomic E-state index is -2.10. The molecule has 128 valence electrons. The Morgan fingerprint density at radius 3 is 1.32 bits per heavy atom. The first-order chi connectivity index (χ1) is 11.8. The van der Waals surface area contributed by atoms with Crippen LogP contribution in [0.4, 0.5) is 0 Å². The molecule has 0 fully saturated rings. The molecule has 0 unspecified atom stereocenters. The zero-order chi connectivity index (χ0) is 16.8. The third-order valence-corrected chi connectivity index (χ3v) is 8.46. The Labute approximate surface area is 160 Å². The van der Waals surface area contributed by atoms with Crippen LogP contribution in [0.15, 0.2) is 91.0 Å². The highest BCUT2D eigenvalue weighted by molar-refractivity contribution is 7.96. The highest BCUT2D eigenvalue weighted by Gasteiger charge is 2.47. The number of carbonyl (C=O) groups is 1. The van der Waals surface area contributed by atoms with Crippen LogP contribution in [0.25, 0.3) is 0 Å². The summed E-state index contributed by atoms with van der Waals surface area (Å²) in [5, 5.41) is 3.56. The summed E-state index contributed by atoms with van der Waals surface area (Å²) in [6.45, 7) is 0. The fourth-order valence-electron chi connectivity index (χ4n) is 3.03. The first-order valence-electron chi connectivity index (χ1n) is 7.89. The Bertz CT molecular complexity index is 695. The Hall–Kier alpha value is -1.96. The van der Waals surface area contributed by atoms with Crippen LogP contribution in [-0.2, 0) is 9.53 Å². The number of carbonyl (C=O) groups excluding carboxylic acids is 1. The molecule has 0 radical (unpaired) electrons. The third-order valence-electron chi connectivity index (χ3n) is 4.18. The number of methoxy groups -OCH3 is 1. The van der Waals surface area contributed by atoms with Crippen LogP contribution in [0.2, 0.25) is 0 Å². The van der Waals surface area contributed by atoms with Crippen molar-refractivity contribution in [1.82, 2.24) is 0 Å². The largest absolute Gasteiger partial charge is 1.00 e. The van der Waals surface area contributed by atoms with E-state index in [9.17, 15) is 4.79 Å². The smallest absolute Gasteiger partial charge is 0.344 e. The molecule has 25 heavy (non-hydrogen) atoms. The zero-order valence-electron chi connectivity index (χ0n) is 14.0. The van der Waals surface area contributed by atoms with Gasteiger partial charge in [-0.1, -0.05) is 54.6 Å². The molecular weight excluding hydrogens is 399 g/mol. The lowest BCUT2D eigenvalue weighted by molar-refractivity contribution is -0.137. The van der Waals surface area contributed by atoms with Crippen LogP contribution in [0.1, 0.15) is 0 Å². The fraction of sp³-hybridized carbons (Fsp3) is 0.0952. The molecule has 0 bridgehead atoms. The molecule has 0 aromatic heterocycles. The van der Waals surface area contributed by atoms with E-state index in [1.165, 1.54) is 23.0 Å². The monoisotopic (exact) mass is 418 g/mol. The molecule has 0 saturated heterocycles. The van der Waals surface area contributed by atoms with Gasteiger partial charge in [-0.2, -0.15) is 0 Å². The Morgan fingerprint density at radius 1 is 0.720 bits per heavy atom. The minimum Gasteiger partial charge on any atom is -1.00 e. The Kier molecular flexibility index (Phi) is 6.92. The lowest BCUT2D eigenvalue weighted by atomic mass is 10.4. The van der Waals surface area contributed by atoms with Crippen LogP contribution in [0.3, 0.4) is 0 Å². The van der Waals surface area contributed by atoms with E-state index in [0.717, 1.165) is 0 Å². The summed E-state index contributed by atoms with van der Waals surface area (Å²) < 4.78 is 5.06. The van der Waals surface area contributed by atoms with Crippen molar-refractivity contribution in [3.05, 3.63) is 91.0 Å². The summed E-state index contributed by atoms with van der Waals surface area (Å²) in [7, 11) is -0.644. The maximum Gasteiger partial charge on any atom is 0.344 e. The number of ether oxygens (including phenoxy) is 1. The van der Waals surface area contributed by atoms with Crippen molar-refractivity contribution in [2.45, 2.75) is 0 Å². The second kappa shape index (κ2) is 8.94.